The van der Waals surface area contributed by atoms with E-state index in [-0.39, 0.29) is 0 Å². The maximum Gasteiger partial charge on any atom is 0.137 e. The van der Waals surface area contributed by atoms with Gasteiger partial charge in [0.05, 0.1) is 5.75 Å². The third-order valence-corrected chi connectivity index (χ3v) is 3.14. The van der Waals surface area contributed by atoms with Gasteiger partial charge in [-0.2, -0.15) is 5.10 Å². The summed E-state index contributed by atoms with van der Waals surface area (Å²) in [4.78, 5) is 5.02. The lowest BCUT2D eigenvalue weighted by Crippen LogP contribution is -1.90. The highest BCUT2D eigenvalue weighted by molar-refractivity contribution is 7.98. The third kappa shape index (κ3) is 2.64. The molecular weight excluding hydrogens is 232 g/mol. The highest BCUT2D eigenvalue weighted by Gasteiger charge is 2.02. The van der Waals surface area contributed by atoms with Gasteiger partial charge < -0.3 is 5.73 Å². The van der Waals surface area contributed by atoms with E-state index in [4.69, 9.17) is 17.3 Å². The number of hydrogen-bond acceptors (Lipinski definition) is 4. The van der Waals surface area contributed by atoms with Gasteiger partial charge in [0.15, 0.2) is 0 Å². The first-order chi connectivity index (χ1) is 7.25. The quantitative estimate of drug-likeness (QED) is 0.638. The number of nitrogens with zero attached hydrogens (tertiary/aromatic N) is 2. The number of thioether (sulfide) groups is 1. The van der Waals surface area contributed by atoms with Crippen molar-refractivity contribution >= 4 is 29.1 Å². The zero-order valence-electron chi connectivity index (χ0n) is 7.77. The Morgan fingerprint density at radius 2 is 2.33 bits per heavy atom. The van der Waals surface area contributed by atoms with E-state index in [1.807, 2.05) is 12.1 Å². The van der Waals surface area contributed by atoms with Crippen LogP contribution in [0.4, 0.5) is 5.69 Å². The van der Waals surface area contributed by atoms with Crippen LogP contribution in [0.5, 0.6) is 0 Å². The molecule has 0 fully saturated rings. The van der Waals surface area contributed by atoms with Crippen LogP contribution in [-0.2, 0) is 5.75 Å². The highest BCUT2D eigenvalue weighted by atomic mass is 35.5. The predicted octanol–water partition coefficient (Wildman–Crippen LogP) is 2.33. The molecule has 2 rings (SSSR count). The van der Waals surface area contributed by atoms with Crippen LogP contribution >= 0.6 is 23.4 Å². The summed E-state index contributed by atoms with van der Waals surface area (Å²) in [6, 6.07) is 5.46. The molecule has 15 heavy (non-hydrogen) atoms. The molecular formula is C9H9ClN4S. The van der Waals surface area contributed by atoms with Crippen molar-refractivity contribution in [2.45, 2.75) is 10.6 Å². The van der Waals surface area contributed by atoms with Crippen molar-refractivity contribution < 1.29 is 0 Å². The average Bonchev–Trinajstić information content (AvgIpc) is 2.69. The zero-order valence-corrected chi connectivity index (χ0v) is 9.35. The molecule has 0 aliphatic carbocycles. The summed E-state index contributed by atoms with van der Waals surface area (Å²) < 4.78 is 0. The maximum absolute atomic E-state index is 5.81. The van der Waals surface area contributed by atoms with Gasteiger partial charge in [-0.3, -0.25) is 5.10 Å². The summed E-state index contributed by atoms with van der Waals surface area (Å²) in [7, 11) is 0. The minimum atomic E-state index is 0.650. The van der Waals surface area contributed by atoms with Gasteiger partial charge in [0.1, 0.15) is 12.2 Å². The van der Waals surface area contributed by atoms with Crippen molar-refractivity contribution in [1.82, 2.24) is 15.2 Å². The van der Waals surface area contributed by atoms with E-state index in [1.165, 1.54) is 6.33 Å². The molecule has 1 heterocycles. The van der Waals surface area contributed by atoms with Crippen LogP contribution in [0.1, 0.15) is 5.82 Å². The van der Waals surface area contributed by atoms with Crippen LogP contribution in [0.15, 0.2) is 29.4 Å². The van der Waals surface area contributed by atoms with Crippen LogP contribution in [0, 0.1) is 0 Å². The van der Waals surface area contributed by atoms with Crippen LogP contribution in [0.25, 0.3) is 0 Å². The van der Waals surface area contributed by atoms with Crippen molar-refractivity contribution in [2.24, 2.45) is 0 Å². The molecule has 0 atom stereocenters. The number of aromatic nitrogens is 3. The Bertz CT molecular complexity index is 443. The van der Waals surface area contributed by atoms with Crippen molar-refractivity contribution in [3.8, 4) is 0 Å². The summed E-state index contributed by atoms with van der Waals surface area (Å²) in [5, 5.41) is 7.21. The number of nitrogens with one attached hydrogen (secondary N) is 1. The summed E-state index contributed by atoms with van der Waals surface area (Å²) in [6.07, 6.45) is 1.49. The van der Waals surface area contributed by atoms with Crippen LogP contribution in [0.3, 0.4) is 0 Å². The van der Waals surface area contributed by atoms with Gasteiger partial charge in [-0.05, 0) is 18.2 Å². The summed E-state index contributed by atoms with van der Waals surface area (Å²) >= 11 is 7.39. The second-order valence-corrected chi connectivity index (χ2v) is 4.36. The Balaban J connectivity index is 2.05. The fourth-order valence-electron chi connectivity index (χ4n) is 1.10. The molecule has 3 N–H and O–H groups in total. The Morgan fingerprint density at radius 3 is 3.00 bits per heavy atom. The van der Waals surface area contributed by atoms with E-state index in [0.29, 0.717) is 16.5 Å². The van der Waals surface area contributed by atoms with Gasteiger partial charge in [0.25, 0.3) is 0 Å². The summed E-state index contributed by atoms with van der Waals surface area (Å²) in [6.45, 7) is 0. The molecule has 0 aliphatic rings. The number of hydrogen-bond donors (Lipinski definition) is 2. The van der Waals surface area contributed by atoms with Crippen LogP contribution in [-0.4, -0.2) is 15.2 Å². The van der Waals surface area contributed by atoms with E-state index in [9.17, 15) is 0 Å². The Labute approximate surface area is 96.2 Å². The summed E-state index contributed by atoms with van der Waals surface area (Å²) in [5.41, 5.74) is 6.50. The van der Waals surface area contributed by atoms with Crippen molar-refractivity contribution in [3.05, 3.63) is 35.4 Å². The van der Waals surface area contributed by atoms with E-state index in [1.54, 1.807) is 17.8 Å². The zero-order chi connectivity index (χ0) is 10.7. The number of nitrogens with two attached hydrogens (primary N) is 1. The molecule has 0 aliphatic heterocycles. The molecule has 4 nitrogen and oxygen atoms in total. The fraction of sp³-hybridized carbons (Fsp3) is 0.111. The Morgan fingerprint density at radius 1 is 1.47 bits per heavy atom. The van der Waals surface area contributed by atoms with Crippen molar-refractivity contribution in [3.63, 3.8) is 0 Å². The summed E-state index contributed by atoms with van der Waals surface area (Å²) in [5.74, 6) is 1.54. The number of benzene rings is 1. The maximum atomic E-state index is 5.81. The van der Waals surface area contributed by atoms with Gasteiger partial charge in [0.2, 0.25) is 0 Å². The molecule has 0 amide bonds. The monoisotopic (exact) mass is 240 g/mol. The first kappa shape index (κ1) is 10.3. The van der Waals surface area contributed by atoms with Crippen molar-refractivity contribution in [2.75, 3.05) is 5.73 Å². The number of nitrogen functional groups attached to an aromatic ring is 1. The van der Waals surface area contributed by atoms with Gasteiger partial charge in [-0.15, -0.1) is 11.8 Å². The second-order valence-electron chi connectivity index (χ2n) is 2.90. The number of halogens is 1. The van der Waals surface area contributed by atoms with Gasteiger partial charge in [-0.1, -0.05) is 11.6 Å². The molecule has 0 bridgehead atoms. The SMILES string of the molecule is Nc1cc(Cl)ccc1SCc1ncn[nH]1. The molecule has 78 valence electrons. The Kier molecular flexibility index (Phi) is 3.13. The lowest BCUT2D eigenvalue weighted by Gasteiger charge is -2.03. The lowest BCUT2D eigenvalue weighted by atomic mass is 10.3. The molecule has 2 aromatic rings. The molecule has 1 aromatic carbocycles. The van der Waals surface area contributed by atoms with Gasteiger partial charge >= 0.3 is 0 Å². The molecule has 0 saturated carbocycles. The number of H-pyrrole nitrogens is 1. The highest BCUT2D eigenvalue weighted by Crippen LogP contribution is 2.29. The number of aromatic amines is 1. The minimum absolute atomic E-state index is 0.650. The average molecular weight is 241 g/mol. The predicted molar refractivity (Wildman–Crippen MR) is 61.8 cm³/mol. The van der Waals surface area contributed by atoms with Gasteiger partial charge in [0, 0.05) is 15.6 Å². The topological polar surface area (TPSA) is 67.6 Å². The van der Waals surface area contributed by atoms with Crippen molar-refractivity contribution in [1.29, 1.82) is 0 Å². The van der Waals surface area contributed by atoms with E-state index >= 15 is 0 Å². The molecule has 0 saturated heterocycles. The first-order valence-electron chi connectivity index (χ1n) is 4.28. The normalized spacial score (nSPS) is 10.5. The van der Waals surface area contributed by atoms with E-state index in [2.05, 4.69) is 15.2 Å². The smallest absolute Gasteiger partial charge is 0.137 e. The van der Waals surface area contributed by atoms with Crippen LogP contribution in [0.2, 0.25) is 5.02 Å². The Hall–Kier alpha value is -1.20. The fourth-order valence-corrected chi connectivity index (χ4v) is 2.10. The standard InChI is InChI=1S/C9H9ClN4S/c10-6-1-2-8(7(11)3-6)15-4-9-12-5-13-14-9/h1-3,5H,4,11H2,(H,12,13,14). The largest absolute Gasteiger partial charge is 0.398 e. The van der Waals surface area contributed by atoms with Crippen LogP contribution < -0.4 is 5.73 Å². The molecule has 0 spiro atoms. The lowest BCUT2D eigenvalue weighted by molar-refractivity contribution is 1.02. The first-order valence-corrected chi connectivity index (χ1v) is 5.64. The molecule has 6 heteroatoms. The molecule has 0 radical (unpaired) electrons. The third-order valence-electron chi connectivity index (χ3n) is 1.80. The van der Waals surface area contributed by atoms with Gasteiger partial charge in [-0.25, -0.2) is 4.98 Å². The number of anilines is 1. The van der Waals surface area contributed by atoms with E-state index < -0.39 is 0 Å². The number of rotatable bonds is 3. The minimum Gasteiger partial charge on any atom is -0.398 e. The second kappa shape index (κ2) is 4.55. The molecule has 1 aromatic heterocycles. The molecule has 0 unspecified atom stereocenters. The van der Waals surface area contributed by atoms with E-state index in [0.717, 1.165) is 10.7 Å².